The van der Waals surface area contributed by atoms with Crippen LogP contribution in [0.3, 0.4) is 0 Å². The van der Waals surface area contributed by atoms with E-state index in [1.54, 1.807) is 31.2 Å². The average molecular weight is 283 g/mol. The van der Waals surface area contributed by atoms with Crippen LogP contribution in [-0.2, 0) is 9.59 Å². The average Bonchev–Trinajstić information content (AvgIpc) is 2.27. The van der Waals surface area contributed by atoms with E-state index in [1.165, 1.54) is 0 Å². The summed E-state index contributed by atoms with van der Waals surface area (Å²) in [5, 5.41) is 4.87. The maximum atomic E-state index is 11.9. The molecule has 0 spiro atoms. The van der Waals surface area contributed by atoms with Crippen LogP contribution >= 0.6 is 11.6 Å². The van der Waals surface area contributed by atoms with Gasteiger partial charge in [0.05, 0.1) is 0 Å². The summed E-state index contributed by atoms with van der Waals surface area (Å²) >= 11 is 5.68. The van der Waals surface area contributed by atoms with Gasteiger partial charge in [0.1, 0.15) is 5.38 Å². The number of carbonyl (C=O) groups excluding carboxylic acids is 2. The molecule has 0 aliphatic rings. The van der Waals surface area contributed by atoms with Gasteiger partial charge >= 0.3 is 0 Å². The Balaban J connectivity index is 2.78. The van der Waals surface area contributed by atoms with Crippen LogP contribution in [0.1, 0.15) is 27.7 Å². The van der Waals surface area contributed by atoms with Crippen molar-refractivity contribution >= 4 is 34.8 Å². The van der Waals surface area contributed by atoms with E-state index in [1.807, 2.05) is 20.8 Å². The third-order valence-corrected chi connectivity index (χ3v) is 2.63. The summed E-state index contributed by atoms with van der Waals surface area (Å²) in [5.41, 5.74) is 0.772. The molecule has 0 aliphatic carbocycles. The van der Waals surface area contributed by atoms with E-state index in [0.29, 0.717) is 11.4 Å². The molecule has 104 valence electrons. The molecule has 0 fully saturated rings. The molecule has 2 amide bonds. The van der Waals surface area contributed by atoms with E-state index in [0.717, 1.165) is 0 Å². The summed E-state index contributed by atoms with van der Waals surface area (Å²) in [7, 11) is 0. The van der Waals surface area contributed by atoms with Gasteiger partial charge in [-0.2, -0.15) is 0 Å². The first-order chi connectivity index (χ1) is 8.70. The lowest BCUT2D eigenvalue weighted by molar-refractivity contribution is -0.123. The van der Waals surface area contributed by atoms with Crippen molar-refractivity contribution in [3.63, 3.8) is 0 Å². The molecule has 0 heterocycles. The minimum atomic E-state index is -0.604. The molecular formula is C14H19ClN2O2. The zero-order chi connectivity index (χ0) is 14.6. The van der Waals surface area contributed by atoms with Gasteiger partial charge in [0.15, 0.2) is 0 Å². The molecule has 0 aromatic heterocycles. The van der Waals surface area contributed by atoms with Crippen molar-refractivity contribution in [2.75, 3.05) is 10.6 Å². The smallest absolute Gasteiger partial charge is 0.242 e. The van der Waals surface area contributed by atoms with Crippen LogP contribution < -0.4 is 10.6 Å². The zero-order valence-corrected chi connectivity index (χ0v) is 12.3. The maximum absolute atomic E-state index is 11.9. The second-order valence-electron chi connectivity index (χ2n) is 5.39. The third-order valence-electron chi connectivity index (χ3n) is 2.43. The van der Waals surface area contributed by atoms with E-state index < -0.39 is 10.8 Å². The normalized spacial score (nSPS) is 12.7. The summed E-state index contributed by atoms with van der Waals surface area (Å²) in [6, 6.07) is 6.96. The molecule has 0 saturated heterocycles. The Kier molecular flexibility index (Phi) is 4.95. The van der Waals surface area contributed by atoms with E-state index in [9.17, 15) is 9.59 Å². The number of amides is 2. The minimum absolute atomic E-state index is 0.0818. The van der Waals surface area contributed by atoms with Crippen LogP contribution in [0.4, 0.5) is 11.4 Å². The van der Waals surface area contributed by atoms with Crippen LogP contribution in [-0.4, -0.2) is 17.2 Å². The molecule has 1 unspecified atom stereocenters. The van der Waals surface area contributed by atoms with Gasteiger partial charge in [-0.3, -0.25) is 9.59 Å². The van der Waals surface area contributed by atoms with Crippen LogP contribution in [0.5, 0.6) is 0 Å². The number of hydrogen-bond donors (Lipinski definition) is 2. The second kappa shape index (κ2) is 6.06. The predicted molar refractivity (Wildman–Crippen MR) is 78.5 cm³/mol. The SMILES string of the molecule is CC(Cl)C(=O)Nc1cccc(NC(=O)C(C)(C)C)c1. The number of carbonyl (C=O) groups is 2. The molecule has 0 aliphatic heterocycles. The fourth-order valence-corrected chi connectivity index (χ4v) is 1.29. The molecule has 1 atom stereocenters. The Morgan fingerprint density at radius 2 is 1.68 bits per heavy atom. The Bertz CT molecular complexity index is 479. The van der Waals surface area contributed by atoms with Gasteiger partial charge in [0.25, 0.3) is 0 Å². The summed E-state index contributed by atoms with van der Waals surface area (Å²) in [6.07, 6.45) is 0. The number of benzene rings is 1. The van der Waals surface area contributed by atoms with Crippen molar-refractivity contribution in [3.05, 3.63) is 24.3 Å². The predicted octanol–water partition coefficient (Wildman–Crippen LogP) is 3.24. The van der Waals surface area contributed by atoms with Gasteiger partial charge in [0, 0.05) is 16.8 Å². The number of alkyl halides is 1. The van der Waals surface area contributed by atoms with E-state index >= 15 is 0 Å². The number of hydrogen-bond acceptors (Lipinski definition) is 2. The molecule has 2 N–H and O–H groups in total. The maximum Gasteiger partial charge on any atom is 0.242 e. The first-order valence-electron chi connectivity index (χ1n) is 6.06. The lowest BCUT2D eigenvalue weighted by atomic mass is 9.95. The quantitative estimate of drug-likeness (QED) is 0.836. The molecule has 19 heavy (non-hydrogen) atoms. The van der Waals surface area contributed by atoms with E-state index in [-0.39, 0.29) is 11.8 Å². The first-order valence-corrected chi connectivity index (χ1v) is 6.50. The second-order valence-corrected chi connectivity index (χ2v) is 6.04. The van der Waals surface area contributed by atoms with Gasteiger partial charge in [-0.05, 0) is 25.1 Å². The fourth-order valence-electron chi connectivity index (χ4n) is 1.24. The lowest BCUT2D eigenvalue weighted by Gasteiger charge is -2.18. The summed E-state index contributed by atoms with van der Waals surface area (Å²) in [4.78, 5) is 23.3. The van der Waals surface area contributed by atoms with E-state index in [2.05, 4.69) is 10.6 Å². The van der Waals surface area contributed by atoms with Crippen molar-refractivity contribution < 1.29 is 9.59 Å². The molecule has 5 heteroatoms. The van der Waals surface area contributed by atoms with Gasteiger partial charge in [-0.1, -0.05) is 26.8 Å². The van der Waals surface area contributed by atoms with Crippen molar-refractivity contribution in [3.8, 4) is 0 Å². The fraction of sp³-hybridized carbons (Fsp3) is 0.429. The Morgan fingerprint density at radius 3 is 2.16 bits per heavy atom. The molecular weight excluding hydrogens is 264 g/mol. The Hall–Kier alpha value is -1.55. The van der Waals surface area contributed by atoms with Crippen LogP contribution in [0.25, 0.3) is 0 Å². The van der Waals surface area contributed by atoms with Crippen LogP contribution in [0.2, 0.25) is 0 Å². The molecule has 0 bridgehead atoms. The van der Waals surface area contributed by atoms with Crippen molar-refractivity contribution in [1.82, 2.24) is 0 Å². The van der Waals surface area contributed by atoms with Crippen molar-refractivity contribution in [1.29, 1.82) is 0 Å². The standard InChI is InChI=1S/C14H19ClN2O2/c1-9(15)12(18)16-10-6-5-7-11(8-10)17-13(19)14(2,3)4/h5-9H,1-4H3,(H,16,18)(H,17,19). The van der Waals surface area contributed by atoms with Crippen molar-refractivity contribution in [2.24, 2.45) is 5.41 Å². The van der Waals surface area contributed by atoms with E-state index in [4.69, 9.17) is 11.6 Å². The highest BCUT2D eigenvalue weighted by Crippen LogP contribution is 2.20. The zero-order valence-electron chi connectivity index (χ0n) is 11.6. The van der Waals surface area contributed by atoms with Crippen molar-refractivity contribution in [2.45, 2.75) is 33.1 Å². The minimum Gasteiger partial charge on any atom is -0.326 e. The first kappa shape index (κ1) is 15.5. The summed E-state index contributed by atoms with van der Waals surface area (Å²) in [6.45, 7) is 7.11. The number of rotatable bonds is 3. The van der Waals surface area contributed by atoms with Gasteiger partial charge < -0.3 is 10.6 Å². The lowest BCUT2D eigenvalue weighted by Crippen LogP contribution is -2.27. The Labute approximate surface area is 118 Å². The topological polar surface area (TPSA) is 58.2 Å². The summed E-state index contributed by atoms with van der Waals surface area (Å²) < 4.78 is 0. The van der Waals surface area contributed by atoms with Gasteiger partial charge in [-0.25, -0.2) is 0 Å². The molecule has 1 rings (SSSR count). The Morgan fingerprint density at radius 1 is 1.16 bits per heavy atom. The summed E-state index contributed by atoms with van der Waals surface area (Å²) in [5.74, 6) is -0.359. The molecule has 4 nitrogen and oxygen atoms in total. The monoisotopic (exact) mass is 282 g/mol. The molecule has 0 radical (unpaired) electrons. The van der Waals surface area contributed by atoms with Crippen LogP contribution in [0, 0.1) is 5.41 Å². The highest BCUT2D eigenvalue weighted by atomic mass is 35.5. The molecule has 0 saturated carbocycles. The largest absolute Gasteiger partial charge is 0.326 e. The van der Waals surface area contributed by atoms with Gasteiger partial charge in [-0.15, -0.1) is 11.6 Å². The number of halogens is 1. The highest BCUT2D eigenvalue weighted by molar-refractivity contribution is 6.32. The molecule has 1 aromatic carbocycles. The number of anilines is 2. The van der Waals surface area contributed by atoms with Gasteiger partial charge in [0.2, 0.25) is 11.8 Å². The van der Waals surface area contributed by atoms with Crippen LogP contribution in [0.15, 0.2) is 24.3 Å². The highest BCUT2D eigenvalue weighted by Gasteiger charge is 2.21. The third kappa shape index (κ3) is 4.91. The number of nitrogens with one attached hydrogen (secondary N) is 2. The molecule has 1 aromatic rings.